The Kier molecular flexibility index (Phi) is 4.10. The van der Waals surface area contributed by atoms with E-state index in [4.69, 9.17) is 5.73 Å². The van der Waals surface area contributed by atoms with Gasteiger partial charge in [-0.2, -0.15) is 13.2 Å². The summed E-state index contributed by atoms with van der Waals surface area (Å²) in [5.74, 6) is -1.22. The standard InChI is InChI=1S/C16H11F3N4O3/c1-26-14(25)11-12(20)9-4-3-8(16(17,18)19)7-10(9)23(13(11)24)15-21-5-2-6-22-15/h2-7H,20H2,1H3. The van der Waals surface area contributed by atoms with E-state index < -0.39 is 28.8 Å². The number of nitrogen functional groups attached to an aromatic ring is 1. The Hall–Kier alpha value is -3.43. The van der Waals surface area contributed by atoms with Crippen molar-refractivity contribution in [1.29, 1.82) is 0 Å². The minimum atomic E-state index is -4.64. The van der Waals surface area contributed by atoms with Gasteiger partial charge in [0.15, 0.2) is 0 Å². The maximum Gasteiger partial charge on any atom is 0.416 e. The topological polar surface area (TPSA) is 100 Å². The molecule has 2 N–H and O–H groups in total. The summed E-state index contributed by atoms with van der Waals surface area (Å²) < 4.78 is 44.6. The maximum absolute atomic E-state index is 13.1. The van der Waals surface area contributed by atoms with Crippen LogP contribution >= 0.6 is 0 Å². The zero-order chi connectivity index (χ0) is 19.1. The van der Waals surface area contributed by atoms with Crippen LogP contribution in [0, 0.1) is 0 Å². The number of methoxy groups -OCH3 is 1. The van der Waals surface area contributed by atoms with Crippen molar-refractivity contribution in [3.8, 4) is 5.95 Å². The number of anilines is 1. The van der Waals surface area contributed by atoms with Crippen molar-refractivity contribution >= 4 is 22.6 Å². The second-order valence-corrected chi connectivity index (χ2v) is 5.20. The molecular weight excluding hydrogens is 353 g/mol. The number of hydrogen-bond donors (Lipinski definition) is 1. The second kappa shape index (κ2) is 6.14. The molecule has 3 aromatic rings. The molecule has 0 aliphatic carbocycles. The molecule has 0 bridgehead atoms. The van der Waals surface area contributed by atoms with Crippen molar-refractivity contribution in [1.82, 2.24) is 14.5 Å². The number of nitrogens with zero attached hydrogens (tertiary/aromatic N) is 3. The molecule has 1 aromatic carbocycles. The summed E-state index contributed by atoms with van der Waals surface area (Å²) in [5.41, 5.74) is 2.93. The maximum atomic E-state index is 13.1. The highest BCUT2D eigenvalue weighted by molar-refractivity contribution is 6.04. The number of fused-ring (bicyclic) bond motifs is 1. The lowest BCUT2D eigenvalue weighted by molar-refractivity contribution is -0.137. The molecule has 2 aromatic heterocycles. The van der Waals surface area contributed by atoms with Gasteiger partial charge in [0.1, 0.15) is 5.56 Å². The molecular formula is C16H11F3N4O3. The first-order chi connectivity index (χ1) is 12.3. The molecule has 7 nitrogen and oxygen atoms in total. The fourth-order valence-electron chi connectivity index (χ4n) is 2.50. The zero-order valence-corrected chi connectivity index (χ0v) is 13.2. The molecule has 0 fully saturated rings. The average Bonchev–Trinajstić information content (AvgIpc) is 2.61. The lowest BCUT2D eigenvalue weighted by atomic mass is 10.1. The first-order valence-electron chi connectivity index (χ1n) is 7.17. The number of pyridine rings is 1. The van der Waals surface area contributed by atoms with Crippen molar-refractivity contribution in [3.05, 3.63) is 58.1 Å². The number of alkyl halides is 3. The number of nitrogens with two attached hydrogens (primary N) is 1. The van der Waals surface area contributed by atoms with Crippen LogP contribution in [0.3, 0.4) is 0 Å². The number of benzene rings is 1. The number of carbonyl (C=O) groups is 1. The smallest absolute Gasteiger partial charge is 0.416 e. The van der Waals surface area contributed by atoms with Crippen LogP contribution in [-0.2, 0) is 10.9 Å². The average molecular weight is 364 g/mol. The molecule has 0 radical (unpaired) electrons. The Labute approximate surface area is 143 Å². The van der Waals surface area contributed by atoms with Crippen LogP contribution in [0.1, 0.15) is 15.9 Å². The number of ether oxygens (including phenoxy) is 1. The Morgan fingerprint density at radius 1 is 1.23 bits per heavy atom. The lowest BCUT2D eigenvalue weighted by Crippen LogP contribution is -2.29. The van der Waals surface area contributed by atoms with Crippen LogP contribution < -0.4 is 11.3 Å². The molecule has 0 unspecified atom stereocenters. The largest absolute Gasteiger partial charge is 0.465 e. The SMILES string of the molecule is COC(=O)c1c(N)c2ccc(C(F)(F)F)cc2n(-c2ncccn2)c1=O. The Morgan fingerprint density at radius 2 is 1.88 bits per heavy atom. The van der Waals surface area contributed by atoms with Crippen molar-refractivity contribution in [2.75, 3.05) is 12.8 Å². The van der Waals surface area contributed by atoms with E-state index in [1.807, 2.05) is 0 Å². The number of halogens is 3. The highest BCUT2D eigenvalue weighted by Crippen LogP contribution is 2.33. The van der Waals surface area contributed by atoms with Crippen LogP contribution in [0.5, 0.6) is 0 Å². The van der Waals surface area contributed by atoms with Gasteiger partial charge in [-0.15, -0.1) is 0 Å². The molecule has 26 heavy (non-hydrogen) atoms. The van der Waals surface area contributed by atoms with Gasteiger partial charge >= 0.3 is 12.1 Å². The third-order valence-electron chi connectivity index (χ3n) is 3.68. The van der Waals surface area contributed by atoms with E-state index in [0.29, 0.717) is 0 Å². The summed E-state index contributed by atoms with van der Waals surface area (Å²) in [6, 6.07) is 4.11. The number of aromatic nitrogens is 3. The highest BCUT2D eigenvalue weighted by Gasteiger charge is 2.32. The van der Waals surface area contributed by atoms with Crippen LogP contribution in [-0.4, -0.2) is 27.6 Å². The monoisotopic (exact) mass is 364 g/mol. The van der Waals surface area contributed by atoms with Gasteiger partial charge in [-0.3, -0.25) is 4.79 Å². The molecule has 0 atom stereocenters. The normalized spacial score (nSPS) is 11.5. The van der Waals surface area contributed by atoms with E-state index in [9.17, 15) is 22.8 Å². The summed E-state index contributed by atoms with van der Waals surface area (Å²) in [5, 5.41) is 0.0606. The summed E-state index contributed by atoms with van der Waals surface area (Å²) in [7, 11) is 1.06. The third-order valence-corrected chi connectivity index (χ3v) is 3.68. The van der Waals surface area contributed by atoms with Gasteiger partial charge in [-0.05, 0) is 18.2 Å². The van der Waals surface area contributed by atoms with Crippen molar-refractivity contribution < 1.29 is 22.7 Å². The number of hydrogen-bond acceptors (Lipinski definition) is 6. The fourth-order valence-corrected chi connectivity index (χ4v) is 2.50. The molecule has 134 valence electrons. The first kappa shape index (κ1) is 17.4. The van der Waals surface area contributed by atoms with Crippen molar-refractivity contribution in [3.63, 3.8) is 0 Å². The van der Waals surface area contributed by atoms with Gasteiger partial charge in [0.25, 0.3) is 5.56 Å². The van der Waals surface area contributed by atoms with E-state index in [0.717, 1.165) is 29.9 Å². The van der Waals surface area contributed by atoms with Crippen LogP contribution in [0.2, 0.25) is 0 Å². The van der Waals surface area contributed by atoms with Crippen LogP contribution in [0.15, 0.2) is 41.5 Å². The van der Waals surface area contributed by atoms with Gasteiger partial charge in [0.05, 0.1) is 23.9 Å². The molecule has 10 heteroatoms. The van der Waals surface area contributed by atoms with Gasteiger partial charge in [0, 0.05) is 17.8 Å². The van der Waals surface area contributed by atoms with Crippen molar-refractivity contribution in [2.45, 2.75) is 6.18 Å². The number of carbonyl (C=O) groups excluding carboxylic acids is 1. The minimum Gasteiger partial charge on any atom is -0.465 e. The summed E-state index contributed by atoms with van der Waals surface area (Å²) >= 11 is 0. The molecule has 0 aliphatic heterocycles. The Bertz CT molecular complexity index is 1060. The number of rotatable bonds is 2. The predicted octanol–water partition coefficient (Wildman–Crippen LogP) is 2.17. The van der Waals surface area contributed by atoms with Crippen molar-refractivity contribution in [2.24, 2.45) is 0 Å². The predicted molar refractivity (Wildman–Crippen MR) is 85.9 cm³/mol. The Morgan fingerprint density at radius 3 is 2.46 bits per heavy atom. The molecule has 0 saturated carbocycles. The summed E-state index contributed by atoms with van der Waals surface area (Å²) in [6.45, 7) is 0. The molecule has 0 spiro atoms. The van der Waals surface area contributed by atoms with Crippen LogP contribution in [0.25, 0.3) is 16.9 Å². The van der Waals surface area contributed by atoms with Gasteiger partial charge in [-0.25, -0.2) is 19.3 Å². The molecule has 0 saturated heterocycles. The summed E-state index contributed by atoms with van der Waals surface area (Å²) in [4.78, 5) is 32.5. The third kappa shape index (κ3) is 2.75. The van der Waals surface area contributed by atoms with Crippen LogP contribution in [0.4, 0.5) is 18.9 Å². The molecule has 3 rings (SSSR count). The Balaban J connectivity index is 2.51. The molecule has 2 heterocycles. The molecule has 0 aliphatic rings. The fraction of sp³-hybridized carbons (Fsp3) is 0.125. The number of esters is 1. The van der Waals surface area contributed by atoms with Gasteiger partial charge < -0.3 is 10.5 Å². The lowest BCUT2D eigenvalue weighted by Gasteiger charge is -2.15. The van der Waals surface area contributed by atoms with E-state index in [2.05, 4.69) is 14.7 Å². The van der Waals surface area contributed by atoms with Gasteiger partial charge in [0.2, 0.25) is 5.95 Å². The first-order valence-corrected chi connectivity index (χ1v) is 7.17. The van der Waals surface area contributed by atoms with E-state index in [1.165, 1.54) is 18.5 Å². The van der Waals surface area contributed by atoms with Gasteiger partial charge in [-0.1, -0.05) is 6.07 Å². The summed E-state index contributed by atoms with van der Waals surface area (Å²) in [6.07, 6.45) is -2.02. The van der Waals surface area contributed by atoms with E-state index in [-0.39, 0.29) is 22.5 Å². The second-order valence-electron chi connectivity index (χ2n) is 5.20. The minimum absolute atomic E-state index is 0.0606. The van der Waals surface area contributed by atoms with E-state index >= 15 is 0 Å². The molecule has 0 amide bonds. The highest BCUT2D eigenvalue weighted by atomic mass is 19.4. The zero-order valence-electron chi connectivity index (χ0n) is 13.2. The van der Waals surface area contributed by atoms with E-state index in [1.54, 1.807) is 0 Å². The quantitative estimate of drug-likeness (QED) is 0.700.